The molecule has 0 amide bonds. The zero-order chi connectivity index (χ0) is 26.6. The van der Waals surface area contributed by atoms with Crippen LogP contribution in [0.15, 0.2) is 53.6 Å². The number of hydrogen-bond donors (Lipinski definition) is 1. The number of nitrogens with zero attached hydrogens (tertiary/aromatic N) is 6. The van der Waals surface area contributed by atoms with Gasteiger partial charge in [0.15, 0.2) is 5.82 Å². The number of nitrogens with one attached hydrogen (secondary N) is 1. The fourth-order valence-corrected chi connectivity index (χ4v) is 6.17. The second-order valence-corrected chi connectivity index (χ2v) is 11.2. The van der Waals surface area contributed by atoms with Crippen LogP contribution in [-0.4, -0.2) is 34.7 Å². The number of aryl methyl sites for hydroxylation is 1. The van der Waals surface area contributed by atoms with Gasteiger partial charge in [0.2, 0.25) is 0 Å². The Bertz CT molecular complexity index is 1400. The second kappa shape index (κ2) is 11.5. The van der Waals surface area contributed by atoms with Gasteiger partial charge in [-0.05, 0) is 83.2 Å². The molecule has 3 heterocycles. The molecule has 1 saturated carbocycles. The summed E-state index contributed by atoms with van der Waals surface area (Å²) in [5.41, 5.74) is 5.12. The highest BCUT2D eigenvalue weighted by atomic mass is 16.1. The zero-order valence-electron chi connectivity index (χ0n) is 23.0. The highest BCUT2D eigenvalue weighted by Gasteiger charge is 2.35. The van der Waals surface area contributed by atoms with Crippen molar-refractivity contribution >= 4 is 0 Å². The van der Waals surface area contributed by atoms with Crippen LogP contribution in [0.5, 0.6) is 0 Å². The minimum Gasteiger partial charge on any atom is -0.295 e. The van der Waals surface area contributed by atoms with Gasteiger partial charge >= 0.3 is 5.69 Å². The molecule has 4 aromatic rings. The van der Waals surface area contributed by atoms with E-state index in [9.17, 15) is 4.79 Å². The van der Waals surface area contributed by atoms with E-state index < -0.39 is 0 Å². The van der Waals surface area contributed by atoms with Crippen LogP contribution in [0, 0.1) is 17.8 Å². The van der Waals surface area contributed by atoms with Gasteiger partial charge in [-0.3, -0.25) is 14.1 Å². The summed E-state index contributed by atoms with van der Waals surface area (Å²) in [5, 5.41) is 14.2. The number of pyridine rings is 1. The summed E-state index contributed by atoms with van der Waals surface area (Å²) >= 11 is 0. The Labute approximate surface area is 224 Å². The van der Waals surface area contributed by atoms with Crippen molar-refractivity contribution in [2.75, 3.05) is 0 Å². The Morgan fingerprint density at radius 3 is 2.68 bits per heavy atom. The van der Waals surface area contributed by atoms with E-state index in [4.69, 9.17) is 0 Å². The van der Waals surface area contributed by atoms with E-state index in [0.29, 0.717) is 30.1 Å². The fourth-order valence-electron chi connectivity index (χ4n) is 6.17. The van der Waals surface area contributed by atoms with E-state index in [1.165, 1.54) is 19.3 Å². The molecular formula is C30H39N7O. The molecule has 1 N–H and O–H groups in total. The number of hydrogen-bond acceptors (Lipinski definition) is 5. The van der Waals surface area contributed by atoms with Crippen molar-refractivity contribution in [3.63, 3.8) is 0 Å². The van der Waals surface area contributed by atoms with Crippen LogP contribution in [0.25, 0.3) is 22.5 Å². The summed E-state index contributed by atoms with van der Waals surface area (Å²) < 4.78 is 4.05. The van der Waals surface area contributed by atoms with E-state index in [0.717, 1.165) is 47.3 Å². The quantitative estimate of drug-likeness (QED) is 0.300. The number of unbranched alkanes of at least 4 members (excludes halogenated alkanes) is 1. The lowest BCUT2D eigenvalue weighted by atomic mass is 9.72. The molecule has 200 valence electrons. The lowest BCUT2D eigenvalue weighted by Gasteiger charge is -2.39. The third-order valence-electron chi connectivity index (χ3n) is 8.22. The van der Waals surface area contributed by atoms with Gasteiger partial charge in [-0.15, -0.1) is 5.10 Å². The number of imidazole rings is 1. The van der Waals surface area contributed by atoms with Crippen molar-refractivity contribution < 1.29 is 0 Å². The van der Waals surface area contributed by atoms with Gasteiger partial charge in [-0.25, -0.2) is 9.89 Å². The molecule has 8 heteroatoms. The molecule has 3 unspecified atom stereocenters. The lowest BCUT2D eigenvalue weighted by molar-refractivity contribution is 0.126. The van der Waals surface area contributed by atoms with Crippen molar-refractivity contribution in [2.24, 2.45) is 17.8 Å². The third-order valence-corrected chi connectivity index (χ3v) is 8.22. The number of rotatable bonds is 9. The van der Waals surface area contributed by atoms with E-state index >= 15 is 0 Å². The van der Waals surface area contributed by atoms with Crippen LogP contribution in [0.4, 0.5) is 0 Å². The first-order valence-electron chi connectivity index (χ1n) is 14.1. The molecule has 1 aromatic carbocycles. The summed E-state index contributed by atoms with van der Waals surface area (Å²) in [5.74, 6) is 2.21. The average molecular weight is 514 g/mol. The molecule has 0 radical (unpaired) electrons. The predicted molar refractivity (Wildman–Crippen MR) is 150 cm³/mol. The van der Waals surface area contributed by atoms with Crippen molar-refractivity contribution in [3.8, 4) is 22.5 Å². The summed E-state index contributed by atoms with van der Waals surface area (Å²) in [6, 6.07) is 12.5. The van der Waals surface area contributed by atoms with Gasteiger partial charge in [-0.1, -0.05) is 58.7 Å². The summed E-state index contributed by atoms with van der Waals surface area (Å²) in [7, 11) is 0. The maximum atomic E-state index is 14.0. The molecule has 5 rings (SSSR count). The molecule has 0 aliphatic heterocycles. The van der Waals surface area contributed by atoms with Crippen LogP contribution in [-0.2, 0) is 13.0 Å². The Hall–Kier alpha value is -3.55. The first-order chi connectivity index (χ1) is 18.5. The van der Waals surface area contributed by atoms with Crippen LogP contribution in [0.1, 0.15) is 77.2 Å². The molecule has 38 heavy (non-hydrogen) atoms. The van der Waals surface area contributed by atoms with Crippen LogP contribution >= 0.6 is 0 Å². The Morgan fingerprint density at radius 1 is 1.11 bits per heavy atom. The highest BCUT2D eigenvalue weighted by molar-refractivity contribution is 5.70. The highest BCUT2D eigenvalue weighted by Crippen LogP contribution is 2.41. The third kappa shape index (κ3) is 5.35. The standard InChI is InChI=1S/C30H39N7O/c1-5-6-12-26-19-37(28-21(4)9-7-13-27(28)20(2)3)30(38)36(26)18-25-17-23(14-15-31-25)22-10-8-11-24(16-22)29-32-34-35-33-29/h8,10-11,14-17,19-21,27-28H,5-7,9,12-13,18H2,1-4H3,(H,32,33,34,35). The number of aromatic nitrogens is 7. The van der Waals surface area contributed by atoms with Gasteiger partial charge in [0.05, 0.1) is 12.2 Å². The number of tetrazole rings is 1. The molecule has 1 aliphatic rings. The summed E-state index contributed by atoms with van der Waals surface area (Å²) in [4.78, 5) is 18.6. The van der Waals surface area contributed by atoms with Crippen LogP contribution < -0.4 is 5.69 Å². The molecular weight excluding hydrogens is 474 g/mol. The SMILES string of the molecule is CCCCc1cn(C2C(C)CCCC2C(C)C)c(=O)n1Cc1cc(-c2cccc(-c3nnn[nH]3)c2)ccn1. The van der Waals surface area contributed by atoms with Crippen molar-refractivity contribution in [2.45, 2.75) is 78.8 Å². The predicted octanol–water partition coefficient (Wildman–Crippen LogP) is 5.92. The summed E-state index contributed by atoms with van der Waals surface area (Å²) in [6.45, 7) is 9.60. The van der Waals surface area contributed by atoms with Gasteiger partial charge in [-0.2, -0.15) is 0 Å². The van der Waals surface area contributed by atoms with Crippen molar-refractivity contribution in [1.29, 1.82) is 0 Å². The second-order valence-electron chi connectivity index (χ2n) is 11.2. The molecule has 0 saturated heterocycles. The van der Waals surface area contributed by atoms with E-state index in [2.05, 4.69) is 82.3 Å². The maximum Gasteiger partial charge on any atom is 0.328 e. The zero-order valence-corrected chi connectivity index (χ0v) is 23.0. The Morgan fingerprint density at radius 2 is 1.92 bits per heavy atom. The molecule has 1 aliphatic carbocycles. The molecule has 0 bridgehead atoms. The number of aromatic amines is 1. The van der Waals surface area contributed by atoms with Gasteiger partial charge in [0, 0.05) is 29.7 Å². The van der Waals surface area contributed by atoms with Crippen LogP contribution in [0.2, 0.25) is 0 Å². The normalized spacial score (nSPS) is 19.8. The van der Waals surface area contributed by atoms with Crippen molar-refractivity contribution in [1.82, 2.24) is 34.7 Å². The fraction of sp³-hybridized carbons (Fsp3) is 0.500. The van der Waals surface area contributed by atoms with Gasteiger partial charge in [0.1, 0.15) is 0 Å². The first kappa shape index (κ1) is 26.1. The minimum absolute atomic E-state index is 0.104. The minimum atomic E-state index is 0.104. The molecule has 8 nitrogen and oxygen atoms in total. The summed E-state index contributed by atoms with van der Waals surface area (Å²) in [6.07, 6.45) is 10.7. The Balaban J connectivity index is 1.48. The number of benzene rings is 1. The Kier molecular flexibility index (Phi) is 7.86. The maximum absolute atomic E-state index is 14.0. The molecule has 1 fully saturated rings. The van der Waals surface area contributed by atoms with Crippen LogP contribution in [0.3, 0.4) is 0 Å². The van der Waals surface area contributed by atoms with Gasteiger partial charge in [0.25, 0.3) is 0 Å². The lowest BCUT2D eigenvalue weighted by Crippen LogP contribution is -2.38. The van der Waals surface area contributed by atoms with E-state index in [-0.39, 0.29) is 11.7 Å². The van der Waals surface area contributed by atoms with Crippen molar-refractivity contribution in [3.05, 3.63) is 70.7 Å². The molecule has 3 atom stereocenters. The molecule has 0 spiro atoms. The first-order valence-corrected chi connectivity index (χ1v) is 14.1. The average Bonchev–Trinajstić information content (AvgIpc) is 3.57. The largest absolute Gasteiger partial charge is 0.328 e. The smallest absolute Gasteiger partial charge is 0.295 e. The van der Waals surface area contributed by atoms with E-state index in [1.54, 1.807) is 0 Å². The molecule has 3 aromatic heterocycles. The monoisotopic (exact) mass is 513 g/mol. The van der Waals surface area contributed by atoms with E-state index in [1.807, 2.05) is 29.0 Å². The topological polar surface area (TPSA) is 94.3 Å². The number of H-pyrrole nitrogens is 1. The van der Waals surface area contributed by atoms with Gasteiger partial charge < -0.3 is 0 Å².